The fourth-order valence-electron chi connectivity index (χ4n) is 0.162. The third-order valence-corrected chi connectivity index (χ3v) is 7.14. The molecule has 0 rings (SSSR count). The standard InChI is InChI=1S/CH6Cl4N2P2/c1-6-9(4,5)7-8(2)3/h6-7,9H,1H3. The molecule has 0 aliphatic carbocycles. The van der Waals surface area contributed by atoms with Gasteiger partial charge in [-0.2, -0.15) is 0 Å². The first-order chi connectivity index (χ1) is 3.98. The van der Waals surface area contributed by atoms with E-state index in [4.69, 9.17) is 45.0 Å². The molecule has 8 heteroatoms. The van der Waals surface area contributed by atoms with Gasteiger partial charge >= 0.3 is 75.0 Å². The third kappa shape index (κ3) is 6.34. The van der Waals surface area contributed by atoms with Crippen LogP contribution in [-0.2, 0) is 0 Å². The molecule has 0 aromatic carbocycles. The molecule has 0 aliphatic rings. The van der Waals surface area contributed by atoms with Crippen molar-refractivity contribution in [3.63, 3.8) is 0 Å². The molecule has 0 amide bonds. The second-order valence-electron chi connectivity index (χ2n) is 1.17. The second-order valence-corrected chi connectivity index (χ2v) is 10.7. The number of rotatable bonds is 3. The predicted molar refractivity (Wildman–Crippen MR) is 50.8 cm³/mol. The van der Waals surface area contributed by atoms with E-state index in [-0.39, 0.29) is 0 Å². The molecule has 0 aromatic rings. The van der Waals surface area contributed by atoms with Crippen LogP contribution in [0.15, 0.2) is 0 Å². The van der Waals surface area contributed by atoms with Crippen LogP contribution in [0, 0.1) is 0 Å². The van der Waals surface area contributed by atoms with Gasteiger partial charge in [-0.15, -0.1) is 0 Å². The average Bonchev–Trinajstić information content (AvgIpc) is 1.63. The summed E-state index contributed by atoms with van der Waals surface area (Å²) in [6.07, 6.45) is -2.53. The molecular formula is CH6Cl4N2P2. The normalized spacial score (nSPS) is 14.4. The minimum atomic E-state index is -2.53. The Balaban J connectivity index is 3.58. The Morgan fingerprint density at radius 1 is 1.33 bits per heavy atom. The first-order valence-corrected chi connectivity index (χ1v) is 9.12. The molecule has 0 saturated heterocycles. The van der Waals surface area contributed by atoms with Crippen LogP contribution in [0.5, 0.6) is 0 Å². The summed E-state index contributed by atoms with van der Waals surface area (Å²) in [7, 11) is 1.64. The maximum atomic E-state index is 5.65. The Morgan fingerprint density at radius 3 is 1.89 bits per heavy atom. The third-order valence-electron chi connectivity index (χ3n) is 0.539. The zero-order valence-corrected chi connectivity index (χ0v) is 9.38. The van der Waals surface area contributed by atoms with Gasteiger partial charge in [0.05, 0.1) is 0 Å². The van der Waals surface area contributed by atoms with Crippen molar-refractivity contribution in [3.05, 3.63) is 0 Å². The summed E-state index contributed by atoms with van der Waals surface area (Å²) in [5, 5.41) is 2.68. The van der Waals surface area contributed by atoms with Gasteiger partial charge in [0.2, 0.25) is 0 Å². The molecule has 0 radical (unpaired) electrons. The molecule has 0 spiro atoms. The molecule has 0 heterocycles. The van der Waals surface area contributed by atoms with Gasteiger partial charge in [-0.1, -0.05) is 0 Å². The van der Waals surface area contributed by atoms with Crippen molar-refractivity contribution in [2.45, 2.75) is 0 Å². The van der Waals surface area contributed by atoms with Crippen molar-refractivity contribution in [1.29, 1.82) is 0 Å². The number of nitrogens with one attached hydrogen (secondary N) is 2. The van der Waals surface area contributed by atoms with E-state index in [1.165, 1.54) is 0 Å². The van der Waals surface area contributed by atoms with Crippen molar-refractivity contribution in [1.82, 2.24) is 9.95 Å². The van der Waals surface area contributed by atoms with Crippen molar-refractivity contribution in [3.8, 4) is 0 Å². The summed E-state index contributed by atoms with van der Waals surface area (Å²) < 4.78 is 0. The van der Waals surface area contributed by atoms with E-state index in [1.54, 1.807) is 7.05 Å². The molecule has 2 nitrogen and oxygen atoms in total. The Hall–Kier alpha value is 1.94. The molecule has 0 unspecified atom stereocenters. The van der Waals surface area contributed by atoms with E-state index >= 15 is 0 Å². The summed E-state index contributed by atoms with van der Waals surface area (Å²) in [6, 6.07) is 0. The zero-order valence-electron chi connectivity index (χ0n) is 4.46. The first kappa shape index (κ1) is 10.9. The SMILES string of the molecule is CN[PH](Cl)(Cl)NP(Cl)Cl. The van der Waals surface area contributed by atoms with Gasteiger partial charge in [0.15, 0.2) is 0 Å². The van der Waals surface area contributed by atoms with Crippen LogP contribution in [0.2, 0.25) is 0 Å². The number of hydrogen-bond acceptors (Lipinski definition) is 2. The van der Waals surface area contributed by atoms with Gasteiger partial charge in [0, 0.05) is 0 Å². The van der Waals surface area contributed by atoms with Gasteiger partial charge < -0.3 is 0 Å². The van der Waals surface area contributed by atoms with Crippen LogP contribution in [-0.4, -0.2) is 7.05 Å². The Morgan fingerprint density at radius 2 is 1.78 bits per heavy atom. The monoisotopic (exact) mass is 248 g/mol. The van der Waals surface area contributed by atoms with Gasteiger partial charge in [-0.05, 0) is 0 Å². The Labute approximate surface area is 75.0 Å². The average molecular weight is 250 g/mol. The summed E-state index contributed by atoms with van der Waals surface area (Å²) >= 11 is 22.1. The molecule has 0 aliphatic heterocycles. The fourth-order valence-corrected chi connectivity index (χ4v) is 6.82. The second kappa shape index (κ2) is 4.74. The van der Waals surface area contributed by atoms with Crippen LogP contribution in [0.1, 0.15) is 0 Å². The summed E-state index contributed by atoms with van der Waals surface area (Å²) in [5.74, 6) is 0. The van der Waals surface area contributed by atoms with Gasteiger partial charge in [-0.25, -0.2) is 0 Å². The Kier molecular flexibility index (Phi) is 5.77. The van der Waals surface area contributed by atoms with Crippen LogP contribution in [0.25, 0.3) is 0 Å². The van der Waals surface area contributed by atoms with E-state index in [2.05, 4.69) is 9.95 Å². The van der Waals surface area contributed by atoms with Crippen molar-refractivity contribution in [2.24, 2.45) is 0 Å². The predicted octanol–water partition coefficient (Wildman–Crippen LogP) is 3.39. The van der Waals surface area contributed by atoms with E-state index < -0.39 is 13.0 Å². The molecule has 58 valence electrons. The van der Waals surface area contributed by atoms with Gasteiger partial charge in [-0.3, -0.25) is 0 Å². The number of hydrogen-bond donors (Lipinski definition) is 2. The molecule has 9 heavy (non-hydrogen) atoms. The van der Waals surface area contributed by atoms with E-state index in [0.29, 0.717) is 0 Å². The van der Waals surface area contributed by atoms with Crippen molar-refractivity contribution < 1.29 is 0 Å². The van der Waals surface area contributed by atoms with E-state index in [0.717, 1.165) is 0 Å². The van der Waals surface area contributed by atoms with Crippen molar-refractivity contribution >= 4 is 58.0 Å². The van der Waals surface area contributed by atoms with Crippen LogP contribution < -0.4 is 9.95 Å². The summed E-state index contributed by atoms with van der Waals surface area (Å²) in [4.78, 5) is 2.62. The summed E-state index contributed by atoms with van der Waals surface area (Å²) in [6.45, 7) is -1.26. The fraction of sp³-hybridized carbons (Fsp3) is 1.00. The molecule has 2 N–H and O–H groups in total. The number of halogens is 4. The maximum absolute atomic E-state index is 5.65. The molecule has 0 atom stereocenters. The zero-order chi connectivity index (χ0) is 7.49. The van der Waals surface area contributed by atoms with Gasteiger partial charge in [0.1, 0.15) is 0 Å². The molecule has 0 saturated carbocycles. The quantitative estimate of drug-likeness (QED) is 0.750. The van der Waals surface area contributed by atoms with E-state index in [9.17, 15) is 0 Å². The van der Waals surface area contributed by atoms with Gasteiger partial charge in [0.25, 0.3) is 0 Å². The minimum absolute atomic E-state index is 1.26. The Bertz CT molecular complexity index is 86.6. The molecule has 0 aromatic heterocycles. The van der Waals surface area contributed by atoms with E-state index in [1.807, 2.05) is 0 Å². The molecular weight excluding hydrogens is 244 g/mol. The molecule has 0 bridgehead atoms. The topological polar surface area (TPSA) is 24.1 Å². The molecule has 0 fully saturated rings. The summed E-state index contributed by atoms with van der Waals surface area (Å²) in [5.41, 5.74) is 0. The first-order valence-electron chi connectivity index (χ1n) is 1.94. The van der Waals surface area contributed by atoms with Crippen LogP contribution in [0.3, 0.4) is 0 Å². The van der Waals surface area contributed by atoms with Crippen molar-refractivity contribution in [2.75, 3.05) is 7.05 Å². The van der Waals surface area contributed by atoms with Crippen LogP contribution in [0.4, 0.5) is 0 Å². The van der Waals surface area contributed by atoms with Crippen LogP contribution >= 0.6 is 58.0 Å².